The standard InChI is InChI=1S/C19H31BrN4S/c1-3-21-19(22-11-4-5-13-25-2)23-14-16-10-12-24(15-16)18-8-6-17(20)7-9-18/h6-9,16H,3-5,10-15H2,1-2H3,(H2,21,22,23). The molecule has 2 rings (SSSR count). The molecule has 140 valence electrons. The molecule has 1 aromatic rings. The van der Waals surface area contributed by atoms with Crippen LogP contribution < -0.4 is 15.5 Å². The van der Waals surface area contributed by atoms with Gasteiger partial charge in [0.2, 0.25) is 0 Å². The van der Waals surface area contributed by atoms with Crippen LogP contribution in [0.4, 0.5) is 5.69 Å². The molecule has 25 heavy (non-hydrogen) atoms. The number of hydrogen-bond donors (Lipinski definition) is 2. The first kappa shape index (κ1) is 20.4. The van der Waals surface area contributed by atoms with Gasteiger partial charge in [-0.05, 0) is 68.4 Å². The Kier molecular flexibility index (Phi) is 9.55. The van der Waals surface area contributed by atoms with Crippen LogP contribution in [0.5, 0.6) is 0 Å². The lowest BCUT2D eigenvalue weighted by Gasteiger charge is -2.18. The number of unbranched alkanes of at least 4 members (excludes halogenated alkanes) is 1. The Bertz CT molecular complexity index is 521. The van der Waals surface area contributed by atoms with Gasteiger partial charge in [-0.3, -0.25) is 4.99 Å². The van der Waals surface area contributed by atoms with Crippen molar-refractivity contribution in [2.24, 2.45) is 10.9 Å². The molecule has 4 nitrogen and oxygen atoms in total. The van der Waals surface area contributed by atoms with E-state index in [0.29, 0.717) is 5.92 Å². The maximum Gasteiger partial charge on any atom is 0.191 e. The fourth-order valence-corrected chi connectivity index (χ4v) is 3.77. The van der Waals surface area contributed by atoms with Crippen LogP contribution in [0.2, 0.25) is 0 Å². The maximum absolute atomic E-state index is 4.81. The van der Waals surface area contributed by atoms with Gasteiger partial charge >= 0.3 is 0 Å². The highest BCUT2D eigenvalue weighted by Crippen LogP contribution is 2.25. The monoisotopic (exact) mass is 426 g/mol. The minimum absolute atomic E-state index is 0.635. The number of benzene rings is 1. The summed E-state index contributed by atoms with van der Waals surface area (Å²) >= 11 is 5.42. The average Bonchev–Trinajstić information content (AvgIpc) is 3.09. The van der Waals surface area contributed by atoms with Crippen LogP contribution in [0.15, 0.2) is 33.7 Å². The number of hydrogen-bond acceptors (Lipinski definition) is 3. The van der Waals surface area contributed by atoms with E-state index in [9.17, 15) is 0 Å². The molecule has 6 heteroatoms. The molecule has 0 saturated carbocycles. The first-order chi connectivity index (χ1) is 12.2. The lowest BCUT2D eigenvalue weighted by atomic mass is 10.1. The topological polar surface area (TPSA) is 39.7 Å². The fraction of sp³-hybridized carbons (Fsp3) is 0.632. The highest BCUT2D eigenvalue weighted by Gasteiger charge is 2.22. The van der Waals surface area contributed by atoms with E-state index in [2.05, 4.69) is 68.9 Å². The van der Waals surface area contributed by atoms with Gasteiger partial charge in [-0.2, -0.15) is 11.8 Å². The van der Waals surface area contributed by atoms with Crippen LogP contribution in [0.1, 0.15) is 26.2 Å². The molecule has 0 amide bonds. The van der Waals surface area contributed by atoms with Crippen molar-refractivity contribution in [2.45, 2.75) is 26.2 Å². The molecule has 1 fully saturated rings. The fourth-order valence-electron chi connectivity index (χ4n) is 3.01. The minimum atomic E-state index is 0.635. The molecule has 1 atom stereocenters. The number of nitrogens with zero attached hydrogens (tertiary/aromatic N) is 2. The summed E-state index contributed by atoms with van der Waals surface area (Å²) in [5, 5.41) is 6.82. The zero-order valence-corrected chi connectivity index (χ0v) is 17.8. The molecule has 1 heterocycles. The van der Waals surface area contributed by atoms with Crippen molar-refractivity contribution in [3.63, 3.8) is 0 Å². The molecular formula is C19H31BrN4S. The third-order valence-electron chi connectivity index (χ3n) is 4.40. The lowest BCUT2D eigenvalue weighted by molar-refractivity contribution is 0.598. The second-order valence-corrected chi connectivity index (χ2v) is 8.32. The maximum atomic E-state index is 4.81. The van der Waals surface area contributed by atoms with Crippen LogP contribution in [0.3, 0.4) is 0 Å². The Morgan fingerprint density at radius 3 is 2.80 bits per heavy atom. The SMILES string of the molecule is CCNC(=NCC1CCN(c2ccc(Br)cc2)C1)NCCCCSC. The van der Waals surface area contributed by atoms with Crippen molar-refractivity contribution in [3.05, 3.63) is 28.7 Å². The Morgan fingerprint density at radius 1 is 1.28 bits per heavy atom. The normalized spacial score (nSPS) is 17.8. The van der Waals surface area contributed by atoms with Gasteiger partial charge in [0, 0.05) is 42.9 Å². The van der Waals surface area contributed by atoms with E-state index in [0.717, 1.165) is 43.2 Å². The predicted octanol–water partition coefficient (Wildman–Crippen LogP) is 3.97. The molecule has 1 aromatic carbocycles. The first-order valence-electron chi connectivity index (χ1n) is 9.24. The molecule has 1 aliphatic rings. The summed E-state index contributed by atoms with van der Waals surface area (Å²) in [6.45, 7) is 7.15. The summed E-state index contributed by atoms with van der Waals surface area (Å²) in [6, 6.07) is 8.61. The largest absolute Gasteiger partial charge is 0.371 e. The van der Waals surface area contributed by atoms with Crippen molar-refractivity contribution in [2.75, 3.05) is 49.6 Å². The minimum Gasteiger partial charge on any atom is -0.371 e. The van der Waals surface area contributed by atoms with Crippen LogP contribution in [-0.2, 0) is 0 Å². The number of anilines is 1. The Morgan fingerprint density at radius 2 is 2.08 bits per heavy atom. The molecular weight excluding hydrogens is 396 g/mol. The number of guanidine groups is 1. The zero-order valence-electron chi connectivity index (χ0n) is 15.4. The average molecular weight is 427 g/mol. The molecule has 0 bridgehead atoms. The van der Waals surface area contributed by atoms with Crippen LogP contribution in [-0.4, -0.2) is 50.7 Å². The summed E-state index contributed by atoms with van der Waals surface area (Å²) in [7, 11) is 0. The van der Waals surface area contributed by atoms with E-state index < -0.39 is 0 Å². The number of thioether (sulfide) groups is 1. The van der Waals surface area contributed by atoms with Gasteiger partial charge in [0.05, 0.1) is 0 Å². The second-order valence-electron chi connectivity index (χ2n) is 6.42. The van der Waals surface area contributed by atoms with E-state index in [1.54, 1.807) is 0 Å². The van der Waals surface area contributed by atoms with Crippen molar-refractivity contribution < 1.29 is 0 Å². The highest BCUT2D eigenvalue weighted by atomic mass is 79.9. The van der Waals surface area contributed by atoms with E-state index >= 15 is 0 Å². The van der Waals surface area contributed by atoms with E-state index in [1.165, 1.54) is 30.7 Å². The van der Waals surface area contributed by atoms with Crippen molar-refractivity contribution in [1.82, 2.24) is 10.6 Å². The third-order valence-corrected chi connectivity index (χ3v) is 5.62. The molecule has 0 radical (unpaired) electrons. The van der Waals surface area contributed by atoms with Gasteiger partial charge in [0.25, 0.3) is 0 Å². The van der Waals surface area contributed by atoms with Crippen molar-refractivity contribution >= 4 is 39.3 Å². The summed E-state index contributed by atoms with van der Waals surface area (Å²) in [5.41, 5.74) is 1.31. The molecule has 0 spiro atoms. The van der Waals surface area contributed by atoms with Crippen LogP contribution >= 0.6 is 27.7 Å². The number of halogens is 1. The smallest absolute Gasteiger partial charge is 0.191 e. The Labute approximate surface area is 165 Å². The van der Waals surface area contributed by atoms with Gasteiger partial charge in [0.15, 0.2) is 5.96 Å². The van der Waals surface area contributed by atoms with Crippen molar-refractivity contribution in [3.8, 4) is 0 Å². The second kappa shape index (κ2) is 11.7. The summed E-state index contributed by atoms with van der Waals surface area (Å²) in [6.07, 6.45) is 5.84. The van der Waals surface area contributed by atoms with Gasteiger partial charge in [-0.1, -0.05) is 15.9 Å². The van der Waals surface area contributed by atoms with Gasteiger partial charge < -0.3 is 15.5 Å². The summed E-state index contributed by atoms with van der Waals surface area (Å²) in [4.78, 5) is 7.28. The quantitative estimate of drug-likeness (QED) is 0.355. The molecule has 0 aliphatic carbocycles. The van der Waals surface area contributed by atoms with E-state index in [4.69, 9.17) is 4.99 Å². The molecule has 1 unspecified atom stereocenters. The van der Waals surface area contributed by atoms with Crippen molar-refractivity contribution in [1.29, 1.82) is 0 Å². The molecule has 1 saturated heterocycles. The van der Waals surface area contributed by atoms with E-state index in [1.807, 2.05) is 11.8 Å². The Balaban J connectivity index is 1.77. The number of rotatable bonds is 9. The lowest BCUT2D eigenvalue weighted by Crippen LogP contribution is -2.38. The predicted molar refractivity (Wildman–Crippen MR) is 116 cm³/mol. The number of aliphatic imine (C=N–C) groups is 1. The van der Waals surface area contributed by atoms with Gasteiger partial charge in [-0.25, -0.2) is 0 Å². The number of nitrogens with one attached hydrogen (secondary N) is 2. The van der Waals surface area contributed by atoms with Gasteiger partial charge in [-0.15, -0.1) is 0 Å². The van der Waals surface area contributed by atoms with Crippen LogP contribution in [0.25, 0.3) is 0 Å². The highest BCUT2D eigenvalue weighted by molar-refractivity contribution is 9.10. The van der Waals surface area contributed by atoms with E-state index in [-0.39, 0.29) is 0 Å². The first-order valence-corrected chi connectivity index (χ1v) is 11.4. The summed E-state index contributed by atoms with van der Waals surface area (Å²) < 4.78 is 1.13. The third kappa shape index (κ3) is 7.48. The van der Waals surface area contributed by atoms with Crippen LogP contribution in [0, 0.1) is 5.92 Å². The molecule has 0 aromatic heterocycles. The molecule has 1 aliphatic heterocycles. The summed E-state index contributed by atoms with van der Waals surface area (Å²) in [5.74, 6) is 2.84. The molecule has 2 N–H and O–H groups in total. The zero-order chi connectivity index (χ0) is 17.9. The Hall–Kier alpha value is -0.880. The van der Waals surface area contributed by atoms with Gasteiger partial charge in [0.1, 0.15) is 0 Å².